The van der Waals surface area contributed by atoms with E-state index in [1.807, 2.05) is 12.1 Å². The third-order valence-corrected chi connectivity index (χ3v) is 3.61. The minimum Gasteiger partial charge on any atom is -0.298 e. The molecular weight excluding hydrogens is 224 g/mol. The van der Waals surface area contributed by atoms with Gasteiger partial charge in [0.05, 0.1) is 4.90 Å². The number of carbonyl (C=O) groups is 1. The Bertz CT molecular complexity index is 657. The molecule has 0 aromatic heterocycles. The molecule has 0 amide bonds. The quantitative estimate of drug-likeness (QED) is 0.747. The first-order valence-electron chi connectivity index (χ1n) is 4.71. The van der Waals surface area contributed by atoms with Crippen molar-refractivity contribution in [1.82, 2.24) is 0 Å². The molecule has 0 aliphatic heterocycles. The molecule has 0 aliphatic rings. The number of hydrogen-bond donors (Lipinski definition) is 0. The van der Waals surface area contributed by atoms with Crippen molar-refractivity contribution in [2.45, 2.75) is 4.90 Å². The summed E-state index contributed by atoms with van der Waals surface area (Å²) in [5.41, 5.74) is 0.209. The summed E-state index contributed by atoms with van der Waals surface area (Å²) in [6.45, 7) is 0. The molecule has 0 atom stereocenters. The van der Waals surface area contributed by atoms with Gasteiger partial charge in [0.25, 0.3) is 0 Å². The number of fused-ring (bicyclic) bond motifs is 1. The van der Waals surface area contributed by atoms with Gasteiger partial charge in [-0.15, -0.1) is 0 Å². The topological polar surface area (TPSA) is 51.2 Å². The molecule has 16 heavy (non-hydrogen) atoms. The van der Waals surface area contributed by atoms with E-state index in [1.165, 1.54) is 6.07 Å². The fourth-order valence-corrected chi connectivity index (χ4v) is 2.90. The predicted octanol–water partition coefficient (Wildman–Crippen LogP) is 2.06. The second-order valence-corrected chi connectivity index (χ2v) is 5.55. The molecule has 0 unspecified atom stereocenters. The number of aldehydes is 1. The van der Waals surface area contributed by atoms with Crippen LogP contribution in [0.4, 0.5) is 0 Å². The van der Waals surface area contributed by atoms with Crippen molar-refractivity contribution in [1.29, 1.82) is 0 Å². The summed E-state index contributed by atoms with van der Waals surface area (Å²) in [4.78, 5) is 11.0. The molecule has 0 heterocycles. The van der Waals surface area contributed by atoms with Gasteiger partial charge in [-0.2, -0.15) is 0 Å². The maximum absolute atomic E-state index is 11.7. The lowest BCUT2D eigenvalue weighted by Crippen LogP contribution is -2.02. The summed E-state index contributed by atoms with van der Waals surface area (Å²) in [5, 5.41) is 1.41. The SMILES string of the molecule is CS(=O)(=O)c1c(C=O)ccc2ccccc12. The van der Waals surface area contributed by atoms with E-state index in [0.29, 0.717) is 11.7 Å². The monoisotopic (exact) mass is 234 g/mol. The van der Waals surface area contributed by atoms with E-state index in [2.05, 4.69) is 0 Å². The summed E-state index contributed by atoms with van der Waals surface area (Å²) < 4.78 is 23.3. The van der Waals surface area contributed by atoms with Crippen LogP contribution in [-0.4, -0.2) is 21.0 Å². The highest BCUT2D eigenvalue weighted by atomic mass is 32.2. The number of rotatable bonds is 2. The highest BCUT2D eigenvalue weighted by Crippen LogP contribution is 2.25. The Morgan fingerprint density at radius 3 is 2.38 bits per heavy atom. The van der Waals surface area contributed by atoms with Crippen LogP contribution >= 0.6 is 0 Å². The number of benzene rings is 2. The molecule has 0 bridgehead atoms. The molecule has 82 valence electrons. The summed E-state index contributed by atoms with van der Waals surface area (Å²) in [7, 11) is -3.40. The summed E-state index contributed by atoms with van der Waals surface area (Å²) in [6, 6.07) is 10.4. The van der Waals surface area contributed by atoms with E-state index in [0.717, 1.165) is 11.6 Å². The van der Waals surface area contributed by atoms with Gasteiger partial charge in [-0.1, -0.05) is 30.3 Å². The Balaban J connectivity index is 3.01. The standard InChI is InChI=1S/C12H10O3S/c1-16(14,15)12-10(8-13)7-6-9-4-2-3-5-11(9)12/h2-8H,1H3. The van der Waals surface area contributed by atoms with Gasteiger partial charge in [0, 0.05) is 17.2 Å². The van der Waals surface area contributed by atoms with Crippen molar-refractivity contribution in [3.8, 4) is 0 Å². The Labute approximate surface area is 93.6 Å². The fraction of sp³-hybridized carbons (Fsp3) is 0.0833. The molecule has 0 spiro atoms. The molecule has 0 radical (unpaired) electrons. The van der Waals surface area contributed by atoms with Crippen molar-refractivity contribution in [3.05, 3.63) is 42.0 Å². The molecule has 0 fully saturated rings. The van der Waals surface area contributed by atoms with Gasteiger partial charge in [-0.05, 0) is 11.5 Å². The minimum atomic E-state index is -3.40. The summed E-state index contributed by atoms with van der Waals surface area (Å²) >= 11 is 0. The van der Waals surface area contributed by atoms with Crippen molar-refractivity contribution >= 4 is 26.9 Å². The van der Waals surface area contributed by atoms with E-state index < -0.39 is 9.84 Å². The highest BCUT2D eigenvalue weighted by molar-refractivity contribution is 7.91. The summed E-state index contributed by atoms with van der Waals surface area (Å²) in [6.07, 6.45) is 1.69. The minimum absolute atomic E-state index is 0.112. The van der Waals surface area contributed by atoms with Crippen LogP contribution in [-0.2, 0) is 9.84 Å². The Morgan fingerprint density at radius 1 is 1.06 bits per heavy atom. The molecule has 2 rings (SSSR count). The molecule has 2 aromatic carbocycles. The second-order valence-electron chi connectivity index (χ2n) is 3.60. The predicted molar refractivity (Wildman–Crippen MR) is 62.4 cm³/mol. The lowest BCUT2D eigenvalue weighted by molar-refractivity contribution is 0.112. The lowest BCUT2D eigenvalue weighted by atomic mass is 10.1. The van der Waals surface area contributed by atoms with Crippen LogP contribution in [0.15, 0.2) is 41.3 Å². The van der Waals surface area contributed by atoms with Crippen LogP contribution in [0.25, 0.3) is 10.8 Å². The van der Waals surface area contributed by atoms with Crippen molar-refractivity contribution in [2.24, 2.45) is 0 Å². The molecule has 0 saturated carbocycles. The second kappa shape index (κ2) is 3.72. The fourth-order valence-electron chi connectivity index (χ4n) is 1.77. The average molecular weight is 234 g/mol. The van der Waals surface area contributed by atoms with Crippen molar-refractivity contribution < 1.29 is 13.2 Å². The first kappa shape index (κ1) is 10.8. The number of carbonyl (C=O) groups excluding carboxylic acids is 1. The Morgan fingerprint density at radius 2 is 1.75 bits per heavy atom. The zero-order valence-electron chi connectivity index (χ0n) is 8.67. The van der Waals surface area contributed by atoms with Crippen LogP contribution in [0.3, 0.4) is 0 Å². The van der Waals surface area contributed by atoms with E-state index >= 15 is 0 Å². The molecule has 2 aromatic rings. The van der Waals surface area contributed by atoms with Gasteiger partial charge in [-0.25, -0.2) is 8.42 Å². The third-order valence-electron chi connectivity index (χ3n) is 2.41. The van der Waals surface area contributed by atoms with Crippen molar-refractivity contribution in [3.63, 3.8) is 0 Å². The first-order valence-corrected chi connectivity index (χ1v) is 6.60. The molecule has 3 nitrogen and oxygen atoms in total. The highest BCUT2D eigenvalue weighted by Gasteiger charge is 2.16. The van der Waals surface area contributed by atoms with Crippen LogP contribution in [0.1, 0.15) is 10.4 Å². The van der Waals surface area contributed by atoms with E-state index in [-0.39, 0.29) is 10.5 Å². The first-order chi connectivity index (χ1) is 7.54. The Hall–Kier alpha value is -1.68. The molecular formula is C12H10O3S. The average Bonchev–Trinajstić information content (AvgIpc) is 2.26. The summed E-state index contributed by atoms with van der Waals surface area (Å²) in [5.74, 6) is 0. The lowest BCUT2D eigenvalue weighted by Gasteiger charge is -2.07. The number of sulfone groups is 1. The number of hydrogen-bond acceptors (Lipinski definition) is 3. The van der Waals surface area contributed by atoms with Gasteiger partial charge in [0.2, 0.25) is 0 Å². The third kappa shape index (κ3) is 1.72. The largest absolute Gasteiger partial charge is 0.298 e. The smallest absolute Gasteiger partial charge is 0.176 e. The van der Waals surface area contributed by atoms with Gasteiger partial charge < -0.3 is 0 Å². The van der Waals surface area contributed by atoms with Crippen LogP contribution in [0.2, 0.25) is 0 Å². The maximum atomic E-state index is 11.7. The van der Waals surface area contributed by atoms with E-state index in [1.54, 1.807) is 18.2 Å². The van der Waals surface area contributed by atoms with Gasteiger partial charge in [-0.3, -0.25) is 4.79 Å². The van der Waals surface area contributed by atoms with Crippen LogP contribution in [0.5, 0.6) is 0 Å². The molecule has 0 saturated heterocycles. The van der Waals surface area contributed by atoms with E-state index in [4.69, 9.17) is 0 Å². The van der Waals surface area contributed by atoms with E-state index in [9.17, 15) is 13.2 Å². The van der Waals surface area contributed by atoms with Gasteiger partial charge in [0.15, 0.2) is 16.1 Å². The molecule has 0 aliphatic carbocycles. The van der Waals surface area contributed by atoms with Crippen LogP contribution < -0.4 is 0 Å². The van der Waals surface area contributed by atoms with Crippen molar-refractivity contribution in [2.75, 3.05) is 6.26 Å². The maximum Gasteiger partial charge on any atom is 0.176 e. The van der Waals surface area contributed by atoms with Gasteiger partial charge >= 0.3 is 0 Å². The van der Waals surface area contributed by atoms with Gasteiger partial charge in [0.1, 0.15) is 0 Å². The molecule has 0 N–H and O–H groups in total. The van der Waals surface area contributed by atoms with Crippen LogP contribution in [0, 0.1) is 0 Å². The molecule has 4 heteroatoms. The zero-order valence-corrected chi connectivity index (χ0v) is 9.49. The Kier molecular flexibility index (Phi) is 2.52. The zero-order chi connectivity index (χ0) is 11.8. The normalized spacial score (nSPS) is 11.6.